The number of pyridine rings is 1. The first-order chi connectivity index (χ1) is 9.20. The van der Waals surface area contributed by atoms with E-state index in [9.17, 15) is 0 Å². The zero-order chi connectivity index (χ0) is 13.7. The molecule has 0 spiro atoms. The van der Waals surface area contributed by atoms with Gasteiger partial charge in [0.2, 0.25) is 0 Å². The lowest BCUT2D eigenvalue weighted by atomic mass is 10.3. The van der Waals surface area contributed by atoms with E-state index in [0.717, 1.165) is 41.2 Å². The summed E-state index contributed by atoms with van der Waals surface area (Å²) in [6.45, 7) is 5.04. The van der Waals surface area contributed by atoms with Gasteiger partial charge in [-0.1, -0.05) is 24.8 Å². The summed E-state index contributed by atoms with van der Waals surface area (Å²) in [6.07, 6.45) is 1.10. The van der Waals surface area contributed by atoms with Gasteiger partial charge in [0.1, 0.15) is 11.6 Å². The van der Waals surface area contributed by atoms with Crippen molar-refractivity contribution in [2.45, 2.75) is 31.2 Å². The van der Waals surface area contributed by atoms with E-state index in [4.69, 9.17) is 0 Å². The second kappa shape index (κ2) is 6.56. The van der Waals surface area contributed by atoms with Gasteiger partial charge in [-0.2, -0.15) is 0 Å². The van der Waals surface area contributed by atoms with Crippen molar-refractivity contribution in [2.75, 3.05) is 11.9 Å². The number of nitrogens with one attached hydrogen (secondary N) is 1. The van der Waals surface area contributed by atoms with E-state index < -0.39 is 0 Å². The molecular weight excluding hydrogens is 258 g/mol. The highest BCUT2D eigenvalue weighted by Crippen LogP contribution is 2.20. The molecule has 0 fully saturated rings. The van der Waals surface area contributed by atoms with E-state index in [1.54, 1.807) is 11.8 Å². The molecule has 0 aliphatic carbocycles. The number of thioether (sulfide) groups is 1. The monoisotopic (exact) mass is 277 g/mol. The Labute approximate surface area is 117 Å². The summed E-state index contributed by atoms with van der Waals surface area (Å²) in [6, 6.07) is 6.06. The summed E-state index contributed by atoms with van der Waals surface area (Å²) in [5, 5.41) is 12.4. The summed E-state index contributed by atoms with van der Waals surface area (Å²) < 4.78 is 1.99. The zero-order valence-corrected chi connectivity index (χ0v) is 12.4. The van der Waals surface area contributed by atoms with Crippen molar-refractivity contribution in [1.82, 2.24) is 19.7 Å². The summed E-state index contributed by atoms with van der Waals surface area (Å²) in [4.78, 5) is 4.57. The second-order valence-electron chi connectivity index (χ2n) is 4.32. The fraction of sp³-hybridized carbons (Fsp3) is 0.462. The van der Waals surface area contributed by atoms with Crippen molar-refractivity contribution >= 4 is 17.6 Å². The average Bonchev–Trinajstić information content (AvgIpc) is 2.75. The van der Waals surface area contributed by atoms with Crippen LogP contribution in [0.5, 0.6) is 0 Å². The van der Waals surface area contributed by atoms with Gasteiger partial charge in [0, 0.05) is 19.3 Å². The smallest absolute Gasteiger partial charge is 0.191 e. The molecule has 2 aromatic heterocycles. The largest absolute Gasteiger partial charge is 0.370 e. The van der Waals surface area contributed by atoms with Crippen molar-refractivity contribution in [3.05, 3.63) is 29.7 Å². The number of anilines is 1. The van der Waals surface area contributed by atoms with Crippen LogP contribution in [0.4, 0.5) is 5.82 Å². The van der Waals surface area contributed by atoms with Crippen LogP contribution in [0.1, 0.15) is 24.9 Å². The molecule has 0 aliphatic rings. The fourth-order valence-electron chi connectivity index (χ4n) is 1.56. The first kappa shape index (κ1) is 13.9. The Morgan fingerprint density at radius 2 is 2.16 bits per heavy atom. The van der Waals surface area contributed by atoms with Crippen LogP contribution in [0.2, 0.25) is 0 Å². The minimum Gasteiger partial charge on any atom is -0.370 e. The van der Waals surface area contributed by atoms with Crippen LogP contribution in [0.15, 0.2) is 23.4 Å². The molecule has 0 unspecified atom stereocenters. The molecule has 1 N–H and O–H groups in total. The van der Waals surface area contributed by atoms with Crippen molar-refractivity contribution in [2.24, 2.45) is 7.05 Å². The highest BCUT2D eigenvalue weighted by atomic mass is 32.2. The highest BCUT2D eigenvalue weighted by Gasteiger charge is 2.06. The molecule has 0 radical (unpaired) electrons. The lowest BCUT2D eigenvalue weighted by Crippen LogP contribution is -2.03. The molecule has 5 nitrogen and oxygen atoms in total. The van der Waals surface area contributed by atoms with E-state index in [-0.39, 0.29) is 0 Å². The van der Waals surface area contributed by atoms with Gasteiger partial charge < -0.3 is 9.88 Å². The normalized spacial score (nSPS) is 10.7. The third kappa shape index (κ3) is 3.70. The molecule has 0 saturated heterocycles. The second-order valence-corrected chi connectivity index (χ2v) is 5.26. The first-order valence-electron chi connectivity index (χ1n) is 6.39. The molecule has 0 amide bonds. The Morgan fingerprint density at radius 1 is 1.32 bits per heavy atom. The van der Waals surface area contributed by atoms with E-state index in [0.29, 0.717) is 0 Å². The summed E-state index contributed by atoms with van der Waals surface area (Å²) in [5.74, 6) is 2.66. The maximum Gasteiger partial charge on any atom is 0.191 e. The highest BCUT2D eigenvalue weighted by molar-refractivity contribution is 7.98. The SMILES string of the molecule is CCCNc1cccc(CSc2nnc(C)n2C)n1. The molecule has 2 heterocycles. The molecule has 0 bridgehead atoms. The van der Waals surface area contributed by atoms with Crippen molar-refractivity contribution < 1.29 is 0 Å². The number of nitrogens with zero attached hydrogens (tertiary/aromatic N) is 4. The Bertz CT molecular complexity index is 538. The van der Waals surface area contributed by atoms with Gasteiger partial charge in [-0.05, 0) is 25.5 Å². The van der Waals surface area contributed by atoms with E-state index in [1.165, 1.54) is 0 Å². The van der Waals surface area contributed by atoms with Crippen LogP contribution < -0.4 is 5.32 Å². The van der Waals surface area contributed by atoms with Gasteiger partial charge in [0.05, 0.1) is 5.69 Å². The van der Waals surface area contributed by atoms with Crippen molar-refractivity contribution in [3.63, 3.8) is 0 Å². The first-order valence-corrected chi connectivity index (χ1v) is 7.38. The summed E-state index contributed by atoms with van der Waals surface area (Å²) >= 11 is 1.65. The Morgan fingerprint density at radius 3 is 2.84 bits per heavy atom. The number of hydrogen-bond acceptors (Lipinski definition) is 5. The molecule has 0 saturated carbocycles. The number of rotatable bonds is 6. The molecule has 102 valence electrons. The van der Waals surface area contributed by atoms with Gasteiger partial charge in [0.25, 0.3) is 0 Å². The Kier molecular flexibility index (Phi) is 4.79. The van der Waals surface area contributed by atoms with Crippen molar-refractivity contribution in [3.8, 4) is 0 Å². The molecule has 6 heteroatoms. The van der Waals surface area contributed by atoms with E-state index in [1.807, 2.05) is 36.7 Å². The topological polar surface area (TPSA) is 55.6 Å². The lowest BCUT2D eigenvalue weighted by molar-refractivity contribution is 0.765. The molecule has 2 rings (SSSR count). The minimum atomic E-state index is 0.799. The minimum absolute atomic E-state index is 0.799. The van der Waals surface area contributed by atoms with Crippen molar-refractivity contribution in [1.29, 1.82) is 0 Å². The fourth-order valence-corrected chi connectivity index (χ4v) is 2.43. The molecule has 2 aromatic rings. The van der Waals surface area contributed by atoms with Gasteiger partial charge in [-0.15, -0.1) is 10.2 Å². The molecule has 19 heavy (non-hydrogen) atoms. The molecule has 0 aromatic carbocycles. The Balaban J connectivity index is 1.97. The van der Waals surface area contributed by atoms with Crippen LogP contribution in [0.3, 0.4) is 0 Å². The van der Waals surface area contributed by atoms with E-state index >= 15 is 0 Å². The number of aryl methyl sites for hydroxylation is 1. The van der Waals surface area contributed by atoms with Gasteiger partial charge in [0.15, 0.2) is 5.16 Å². The summed E-state index contributed by atoms with van der Waals surface area (Å²) in [7, 11) is 1.98. The number of aromatic nitrogens is 4. The maximum absolute atomic E-state index is 4.57. The summed E-state index contributed by atoms with van der Waals surface area (Å²) in [5.41, 5.74) is 1.05. The predicted octanol–water partition coefficient (Wildman–Crippen LogP) is 2.63. The van der Waals surface area contributed by atoms with Gasteiger partial charge in [-0.25, -0.2) is 4.98 Å². The standard InChI is InChI=1S/C13H19N5S/c1-4-8-14-12-7-5-6-11(15-12)9-19-13-17-16-10(2)18(13)3/h5-7H,4,8-9H2,1-3H3,(H,14,15). The molecule has 0 atom stereocenters. The zero-order valence-electron chi connectivity index (χ0n) is 11.6. The van der Waals surface area contributed by atoms with Crippen LogP contribution >= 0.6 is 11.8 Å². The maximum atomic E-state index is 4.57. The molecule has 0 aliphatic heterocycles. The predicted molar refractivity (Wildman–Crippen MR) is 78.3 cm³/mol. The van der Waals surface area contributed by atoms with Gasteiger partial charge >= 0.3 is 0 Å². The Hall–Kier alpha value is -1.56. The van der Waals surface area contributed by atoms with Gasteiger partial charge in [-0.3, -0.25) is 0 Å². The molecular formula is C13H19N5S. The number of hydrogen-bond donors (Lipinski definition) is 1. The van der Waals surface area contributed by atoms with Crippen LogP contribution in [-0.4, -0.2) is 26.3 Å². The third-order valence-electron chi connectivity index (χ3n) is 2.76. The van der Waals surface area contributed by atoms with E-state index in [2.05, 4.69) is 27.4 Å². The van der Waals surface area contributed by atoms with Crippen LogP contribution in [-0.2, 0) is 12.8 Å². The lowest BCUT2D eigenvalue weighted by Gasteiger charge is -2.06. The van der Waals surface area contributed by atoms with Crippen LogP contribution in [0.25, 0.3) is 0 Å². The average molecular weight is 277 g/mol. The third-order valence-corrected chi connectivity index (χ3v) is 3.82. The quantitative estimate of drug-likeness (QED) is 0.823. The van der Waals surface area contributed by atoms with Crippen LogP contribution in [0, 0.1) is 6.92 Å².